The van der Waals surface area contributed by atoms with Gasteiger partial charge in [-0.2, -0.15) is 0 Å². The molecule has 0 radical (unpaired) electrons. The summed E-state index contributed by atoms with van der Waals surface area (Å²) in [6.07, 6.45) is 1.03. The van der Waals surface area contributed by atoms with E-state index in [4.69, 9.17) is 5.73 Å². The standard InChI is InChI=1S/C19H26N4.HI/c1-5-15-7-10-17(11-8-15)22-19(20)21-13-16-9-6-14(2)12-18(16)23(3)4;/h6-12H,5,13H2,1-4H3,(H3,20,21,22);1H. The number of nitrogens with two attached hydrogens (primary N) is 1. The lowest BCUT2D eigenvalue weighted by atomic mass is 10.1. The second kappa shape index (κ2) is 9.52. The Hall–Kier alpha value is -1.76. The highest BCUT2D eigenvalue weighted by Gasteiger charge is 2.05. The Balaban J connectivity index is 0.00000288. The molecule has 5 heteroatoms. The zero-order valence-electron chi connectivity index (χ0n) is 14.8. The third-order valence-corrected chi connectivity index (χ3v) is 3.78. The van der Waals surface area contributed by atoms with Crippen LogP contribution in [0.2, 0.25) is 0 Å². The summed E-state index contributed by atoms with van der Waals surface area (Å²) in [5.74, 6) is 0.430. The first kappa shape index (κ1) is 20.3. The Kier molecular flexibility index (Phi) is 8.04. The number of aryl methyl sites for hydroxylation is 2. The molecule has 0 atom stereocenters. The van der Waals surface area contributed by atoms with E-state index in [2.05, 4.69) is 59.4 Å². The summed E-state index contributed by atoms with van der Waals surface area (Å²) in [4.78, 5) is 6.56. The van der Waals surface area contributed by atoms with Crippen LogP contribution in [-0.2, 0) is 13.0 Å². The van der Waals surface area contributed by atoms with E-state index in [1.165, 1.54) is 16.8 Å². The molecule has 130 valence electrons. The van der Waals surface area contributed by atoms with Gasteiger partial charge in [0.05, 0.1) is 6.54 Å². The van der Waals surface area contributed by atoms with Crippen LogP contribution in [0.3, 0.4) is 0 Å². The molecular formula is C19H27IN4. The molecule has 0 bridgehead atoms. The van der Waals surface area contributed by atoms with Crippen molar-refractivity contribution in [2.75, 3.05) is 24.3 Å². The van der Waals surface area contributed by atoms with Gasteiger partial charge < -0.3 is 16.0 Å². The minimum absolute atomic E-state index is 0. The largest absolute Gasteiger partial charge is 0.377 e. The topological polar surface area (TPSA) is 53.6 Å². The van der Waals surface area contributed by atoms with Crippen LogP contribution in [0.1, 0.15) is 23.6 Å². The quantitative estimate of drug-likeness (QED) is 0.419. The van der Waals surface area contributed by atoms with Crippen molar-refractivity contribution in [3.8, 4) is 0 Å². The second-order valence-corrected chi connectivity index (χ2v) is 5.90. The van der Waals surface area contributed by atoms with E-state index in [0.29, 0.717) is 12.5 Å². The molecular weight excluding hydrogens is 411 g/mol. The number of nitrogens with one attached hydrogen (secondary N) is 1. The maximum atomic E-state index is 6.01. The number of benzene rings is 2. The lowest BCUT2D eigenvalue weighted by Gasteiger charge is -2.17. The lowest BCUT2D eigenvalue weighted by molar-refractivity contribution is 1.02. The molecule has 0 aliphatic carbocycles. The molecule has 0 saturated heterocycles. The van der Waals surface area contributed by atoms with Gasteiger partial charge in [-0.05, 0) is 48.2 Å². The van der Waals surface area contributed by atoms with Gasteiger partial charge in [0, 0.05) is 25.5 Å². The van der Waals surface area contributed by atoms with E-state index < -0.39 is 0 Å². The van der Waals surface area contributed by atoms with Crippen molar-refractivity contribution in [2.45, 2.75) is 26.8 Å². The van der Waals surface area contributed by atoms with Crippen molar-refractivity contribution in [1.29, 1.82) is 0 Å². The first-order valence-corrected chi connectivity index (χ1v) is 7.92. The van der Waals surface area contributed by atoms with Crippen molar-refractivity contribution in [2.24, 2.45) is 10.7 Å². The minimum atomic E-state index is 0. The molecule has 0 spiro atoms. The van der Waals surface area contributed by atoms with Gasteiger partial charge in [0.25, 0.3) is 0 Å². The predicted molar refractivity (Wildman–Crippen MR) is 116 cm³/mol. The van der Waals surface area contributed by atoms with Crippen LogP contribution in [0, 0.1) is 6.92 Å². The summed E-state index contributed by atoms with van der Waals surface area (Å²) in [5.41, 5.74) is 11.8. The smallest absolute Gasteiger partial charge is 0.193 e. The average molecular weight is 438 g/mol. The fourth-order valence-electron chi connectivity index (χ4n) is 2.41. The SMILES string of the molecule is CCc1ccc(NC(N)=NCc2ccc(C)cc2N(C)C)cc1.I. The second-order valence-electron chi connectivity index (χ2n) is 5.90. The van der Waals surface area contributed by atoms with Gasteiger partial charge in [-0.25, -0.2) is 4.99 Å². The minimum Gasteiger partial charge on any atom is -0.377 e. The summed E-state index contributed by atoms with van der Waals surface area (Å²) in [5, 5.41) is 3.14. The Morgan fingerprint density at radius 1 is 1.12 bits per heavy atom. The van der Waals surface area contributed by atoms with Gasteiger partial charge in [0.2, 0.25) is 0 Å². The molecule has 0 amide bonds. The van der Waals surface area contributed by atoms with Crippen LogP contribution in [0.4, 0.5) is 11.4 Å². The van der Waals surface area contributed by atoms with Crippen molar-refractivity contribution in [1.82, 2.24) is 0 Å². The van der Waals surface area contributed by atoms with Crippen molar-refractivity contribution in [3.05, 3.63) is 59.2 Å². The molecule has 0 heterocycles. The fraction of sp³-hybridized carbons (Fsp3) is 0.316. The van der Waals surface area contributed by atoms with Crippen LogP contribution in [0.15, 0.2) is 47.5 Å². The molecule has 0 saturated carbocycles. The van der Waals surface area contributed by atoms with Crippen LogP contribution in [0.25, 0.3) is 0 Å². The number of anilines is 2. The summed E-state index contributed by atoms with van der Waals surface area (Å²) in [7, 11) is 4.08. The van der Waals surface area contributed by atoms with E-state index >= 15 is 0 Å². The number of aliphatic imine (C=N–C) groups is 1. The van der Waals surface area contributed by atoms with Gasteiger partial charge in [-0.1, -0.05) is 31.2 Å². The maximum Gasteiger partial charge on any atom is 0.193 e. The molecule has 0 aliphatic heterocycles. The molecule has 2 aromatic rings. The van der Waals surface area contributed by atoms with Gasteiger partial charge in [-0.15, -0.1) is 24.0 Å². The van der Waals surface area contributed by atoms with Gasteiger partial charge in [-0.3, -0.25) is 0 Å². The van der Waals surface area contributed by atoms with Gasteiger partial charge in [0.1, 0.15) is 0 Å². The van der Waals surface area contributed by atoms with Gasteiger partial charge >= 0.3 is 0 Å². The van der Waals surface area contributed by atoms with E-state index in [1.807, 2.05) is 26.2 Å². The highest BCUT2D eigenvalue weighted by atomic mass is 127. The molecule has 24 heavy (non-hydrogen) atoms. The highest BCUT2D eigenvalue weighted by molar-refractivity contribution is 14.0. The monoisotopic (exact) mass is 438 g/mol. The number of guanidine groups is 1. The Morgan fingerprint density at radius 2 is 1.79 bits per heavy atom. The first-order chi connectivity index (χ1) is 11.0. The normalized spacial score (nSPS) is 10.9. The summed E-state index contributed by atoms with van der Waals surface area (Å²) in [6, 6.07) is 14.6. The van der Waals surface area contributed by atoms with E-state index in [0.717, 1.165) is 17.7 Å². The Bertz CT molecular complexity index is 678. The average Bonchev–Trinajstić information content (AvgIpc) is 2.54. The first-order valence-electron chi connectivity index (χ1n) is 7.92. The molecule has 0 aliphatic rings. The lowest BCUT2D eigenvalue weighted by Crippen LogP contribution is -2.22. The van der Waals surface area contributed by atoms with Crippen molar-refractivity contribution < 1.29 is 0 Å². The zero-order chi connectivity index (χ0) is 16.8. The zero-order valence-corrected chi connectivity index (χ0v) is 17.2. The molecule has 3 N–H and O–H groups in total. The van der Waals surface area contributed by atoms with Crippen molar-refractivity contribution in [3.63, 3.8) is 0 Å². The molecule has 2 aromatic carbocycles. The molecule has 4 nitrogen and oxygen atoms in total. The molecule has 2 rings (SSSR count). The van der Waals surface area contributed by atoms with E-state index in [1.54, 1.807) is 0 Å². The van der Waals surface area contributed by atoms with Crippen LogP contribution in [0.5, 0.6) is 0 Å². The highest BCUT2D eigenvalue weighted by Crippen LogP contribution is 2.21. The summed E-state index contributed by atoms with van der Waals surface area (Å²) in [6.45, 7) is 4.79. The van der Waals surface area contributed by atoms with Crippen LogP contribution in [-0.4, -0.2) is 20.1 Å². The molecule has 0 unspecified atom stereocenters. The third kappa shape index (κ3) is 5.70. The Labute approximate surface area is 162 Å². The predicted octanol–water partition coefficient (Wildman–Crippen LogP) is 4.17. The van der Waals surface area contributed by atoms with Crippen molar-refractivity contribution >= 4 is 41.3 Å². The summed E-state index contributed by atoms with van der Waals surface area (Å²) >= 11 is 0. The number of hydrogen-bond acceptors (Lipinski definition) is 2. The number of nitrogens with zero attached hydrogens (tertiary/aromatic N) is 2. The van der Waals surface area contributed by atoms with Gasteiger partial charge in [0.15, 0.2) is 5.96 Å². The number of rotatable bonds is 5. The van der Waals surface area contributed by atoms with Crippen LogP contribution >= 0.6 is 24.0 Å². The number of halogens is 1. The maximum absolute atomic E-state index is 6.01. The molecule has 0 aromatic heterocycles. The summed E-state index contributed by atoms with van der Waals surface area (Å²) < 4.78 is 0. The Morgan fingerprint density at radius 3 is 2.38 bits per heavy atom. The fourth-order valence-corrected chi connectivity index (χ4v) is 2.41. The van der Waals surface area contributed by atoms with Crippen LogP contribution < -0.4 is 16.0 Å². The molecule has 0 fully saturated rings. The number of hydrogen-bond donors (Lipinski definition) is 2. The van der Waals surface area contributed by atoms with E-state index in [9.17, 15) is 0 Å². The third-order valence-electron chi connectivity index (χ3n) is 3.78. The van der Waals surface area contributed by atoms with E-state index in [-0.39, 0.29) is 24.0 Å².